The molecule has 2 aliphatic rings. The van der Waals surface area contributed by atoms with Gasteiger partial charge in [-0.25, -0.2) is 9.59 Å². The average Bonchev–Trinajstić information content (AvgIpc) is 2.76. The molecule has 0 radical (unpaired) electrons. The van der Waals surface area contributed by atoms with E-state index in [2.05, 4.69) is 5.32 Å². The molecule has 0 saturated carbocycles. The maximum absolute atomic E-state index is 12.6. The molecule has 2 fully saturated rings. The second-order valence-corrected chi connectivity index (χ2v) is 8.71. The lowest BCUT2D eigenvalue weighted by atomic mass is 9.93. The Balaban J connectivity index is 2.18. The van der Waals surface area contributed by atoms with Gasteiger partial charge in [0.2, 0.25) is 5.91 Å². The van der Waals surface area contributed by atoms with Gasteiger partial charge in [-0.1, -0.05) is 0 Å². The van der Waals surface area contributed by atoms with Crippen molar-refractivity contribution in [2.45, 2.75) is 64.7 Å². The van der Waals surface area contributed by atoms with Crippen LogP contribution in [-0.2, 0) is 14.3 Å². The molecule has 2 aliphatic heterocycles. The van der Waals surface area contributed by atoms with Crippen molar-refractivity contribution >= 4 is 18.1 Å². The highest BCUT2D eigenvalue weighted by Crippen LogP contribution is 2.31. The standard InChI is InChI=1S/C17H29N3O5/c1-15(2,3)24-13(22)19-7-8-20(14(23)25-16(4,5)6)17(11-19)9-12(21)18-10-17/h7-11H2,1-6H3,(H,18,21). The molecule has 1 spiro atoms. The summed E-state index contributed by atoms with van der Waals surface area (Å²) in [6.45, 7) is 12.0. The van der Waals surface area contributed by atoms with Crippen molar-refractivity contribution in [1.82, 2.24) is 15.1 Å². The van der Waals surface area contributed by atoms with Crippen molar-refractivity contribution in [3.8, 4) is 0 Å². The first-order chi connectivity index (χ1) is 11.3. The minimum Gasteiger partial charge on any atom is -0.444 e. The maximum Gasteiger partial charge on any atom is 0.410 e. The summed E-state index contributed by atoms with van der Waals surface area (Å²) in [5.74, 6) is -0.139. The van der Waals surface area contributed by atoms with E-state index in [1.165, 1.54) is 0 Å². The molecule has 0 aliphatic carbocycles. The van der Waals surface area contributed by atoms with Gasteiger partial charge in [-0.3, -0.25) is 9.69 Å². The first kappa shape index (κ1) is 19.3. The quantitative estimate of drug-likeness (QED) is 0.715. The number of carbonyl (C=O) groups excluding carboxylic acids is 3. The topological polar surface area (TPSA) is 88.2 Å². The van der Waals surface area contributed by atoms with Gasteiger partial charge in [-0.2, -0.15) is 0 Å². The molecule has 2 rings (SSSR count). The lowest BCUT2D eigenvalue weighted by Gasteiger charge is -2.47. The zero-order valence-corrected chi connectivity index (χ0v) is 16.0. The molecule has 2 heterocycles. The molecule has 0 bridgehead atoms. The molecular weight excluding hydrogens is 326 g/mol. The molecule has 0 aromatic carbocycles. The van der Waals surface area contributed by atoms with Gasteiger partial charge in [0.25, 0.3) is 0 Å². The van der Waals surface area contributed by atoms with E-state index in [0.29, 0.717) is 19.6 Å². The Kier molecular flexibility index (Phi) is 4.94. The predicted octanol–water partition coefficient (Wildman–Crippen LogP) is 1.73. The fourth-order valence-corrected chi connectivity index (χ4v) is 3.05. The Morgan fingerprint density at radius 3 is 2.04 bits per heavy atom. The number of rotatable bonds is 0. The number of hydrogen-bond donors (Lipinski definition) is 1. The summed E-state index contributed by atoms with van der Waals surface area (Å²) in [6.07, 6.45) is -0.756. The maximum atomic E-state index is 12.6. The van der Waals surface area contributed by atoms with E-state index in [1.54, 1.807) is 51.3 Å². The Hall–Kier alpha value is -1.99. The predicted molar refractivity (Wildman–Crippen MR) is 91.1 cm³/mol. The number of nitrogens with one attached hydrogen (secondary N) is 1. The van der Waals surface area contributed by atoms with Gasteiger partial charge in [-0.15, -0.1) is 0 Å². The smallest absolute Gasteiger partial charge is 0.410 e. The normalized spacial score (nSPS) is 24.3. The fourth-order valence-electron chi connectivity index (χ4n) is 3.05. The number of hydrogen-bond acceptors (Lipinski definition) is 5. The molecule has 8 nitrogen and oxygen atoms in total. The van der Waals surface area contributed by atoms with Crippen molar-refractivity contribution in [1.29, 1.82) is 0 Å². The summed E-state index contributed by atoms with van der Waals surface area (Å²) < 4.78 is 10.9. The van der Waals surface area contributed by atoms with Crippen LogP contribution in [0.5, 0.6) is 0 Å². The molecule has 0 aromatic heterocycles. The Morgan fingerprint density at radius 2 is 1.56 bits per heavy atom. The Bertz CT molecular complexity index is 564. The third kappa shape index (κ3) is 4.76. The van der Waals surface area contributed by atoms with E-state index in [9.17, 15) is 14.4 Å². The monoisotopic (exact) mass is 355 g/mol. The number of piperazine rings is 1. The summed E-state index contributed by atoms with van der Waals surface area (Å²) in [4.78, 5) is 40.0. The van der Waals surface area contributed by atoms with Crippen LogP contribution in [0, 0.1) is 0 Å². The molecule has 25 heavy (non-hydrogen) atoms. The van der Waals surface area contributed by atoms with Crippen LogP contribution in [0.2, 0.25) is 0 Å². The van der Waals surface area contributed by atoms with Crippen LogP contribution in [0.3, 0.4) is 0 Å². The van der Waals surface area contributed by atoms with Crippen LogP contribution in [-0.4, -0.2) is 70.8 Å². The fraction of sp³-hybridized carbons (Fsp3) is 0.824. The molecular formula is C17H29N3O5. The first-order valence-corrected chi connectivity index (χ1v) is 8.57. The van der Waals surface area contributed by atoms with Gasteiger partial charge >= 0.3 is 12.2 Å². The molecule has 2 saturated heterocycles. The van der Waals surface area contributed by atoms with Gasteiger partial charge in [-0.05, 0) is 41.5 Å². The largest absolute Gasteiger partial charge is 0.444 e. The number of ether oxygens (including phenoxy) is 2. The Labute approximate surface area is 148 Å². The molecule has 1 atom stereocenters. The second kappa shape index (κ2) is 6.38. The van der Waals surface area contributed by atoms with E-state index in [-0.39, 0.29) is 18.9 Å². The van der Waals surface area contributed by atoms with Crippen LogP contribution in [0.25, 0.3) is 0 Å². The third-order valence-electron chi connectivity index (χ3n) is 4.02. The van der Waals surface area contributed by atoms with Crippen LogP contribution in [0.4, 0.5) is 9.59 Å². The minimum atomic E-state index is -0.797. The van der Waals surface area contributed by atoms with E-state index in [4.69, 9.17) is 9.47 Å². The highest BCUT2D eigenvalue weighted by molar-refractivity contribution is 5.82. The van der Waals surface area contributed by atoms with E-state index >= 15 is 0 Å². The molecule has 1 N–H and O–H groups in total. The van der Waals surface area contributed by atoms with Gasteiger partial charge in [0, 0.05) is 26.2 Å². The van der Waals surface area contributed by atoms with Gasteiger partial charge in [0.15, 0.2) is 0 Å². The van der Waals surface area contributed by atoms with Crippen LogP contribution < -0.4 is 5.32 Å². The lowest BCUT2D eigenvalue weighted by Crippen LogP contribution is -2.66. The van der Waals surface area contributed by atoms with Crippen LogP contribution in [0.1, 0.15) is 48.0 Å². The van der Waals surface area contributed by atoms with Gasteiger partial charge < -0.3 is 19.7 Å². The lowest BCUT2D eigenvalue weighted by molar-refractivity contribution is -0.120. The highest BCUT2D eigenvalue weighted by atomic mass is 16.6. The second-order valence-electron chi connectivity index (χ2n) is 8.71. The summed E-state index contributed by atoms with van der Waals surface area (Å²) in [7, 11) is 0. The third-order valence-corrected chi connectivity index (χ3v) is 4.02. The molecule has 3 amide bonds. The zero-order chi connectivity index (χ0) is 19.0. The van der Waals surface area contributed by atoms with Crippen molar-refractivity contribution in [2.75, 3.05) is 26.2 Å². The SMILES string of the molecule is CC(C)(C)OC(=O)N1CCN(C(=O)OC(C)(C)C)C2(CNC(=O)C2)C1. The van der Waals surface area contributed by atoms with E-state index in [0.717, 1.165) is 0 Å². The van der Waals surface area contributed by atoms with E-state index in [1.807, 2.05) is 0 Å². The van der Waals surface area contributed by atoms with E-state index < -0.39 is 28.9 Å². The Morgan fingerprint density at radius 1 is 1.00 bits per heavy atom. The molecule has 8 heteroatoms. The summed E-state index contributed by atoms with van der Waals surface area (Å²) in [5.41, 5.74) is -2.03. The van der Waals surface area contributed by atoms with Crippen molar-refractivity contribution < 1.29 is 23.9 Å². The van der Waals surface area contributed by atoms with Crippen LogP contribution >= 0.6 is 0 Å². The van der Waals surface area contributed by atoms with Crippen molar-refractivity contribution in [3.63, 3.8) is 0 Å². The number of nitrogens with zero attached hydrogens (tertiary/aromatic N) is 2. The molecule has 0 aromatic rings. The van der Waals surface area contributed by atoms with Crippen LogP contribution in [0.15, 0.2) is 0 Å². The van der Waals surface area contributed by atoms with Gasteiger partial charge in [0.1, 0.15) is 11.2 Å². The molecule has 1 unspecified atom stereocenters. The first-order valence-electron chi connectivity index (χ1n) is 8.57. The summed E-state index contributed by atoms with van der Waals surface area (Å²) >= 11 is 0. The number of amides is 3. The minimum absolute atomic E-state index is 0.139. The zero-order valence-electron chi connectivity index (χ0n) is 16.0. The summed E-state index contributed by atoms with van der Waals surface area (Å²) in [6, 6.07) is 0. The van der Waals surface area contributed by atoms with Gasteiger partial charge in [0.05, 0.1) is 12.0 Å². The summed E-state index contributed by atoms with van der Waals surface area (Å²) in [5, 5.41) is 2.77. The highest BCUT2D eigenvalue weighted by Gasteiger charge is 2.51. The average molecular weight is 355 g/mol. The van der Waals surface area contributed by atoms with Crippen molar-refractivity contribution in [2.24, 2.45) is 0 Å². The van der Waals surface area contributed by atoms with Crippen molar-refractivity contribution in [3.05, 3.63) is 0 Å². The molecule has 142 valence electrons. The number of carbonyl (C=O) groups is 3.